The number of hydrogen-bond acceptors (Lipinski definition) is 2. The molecular formula is C15H27NO3. The molecule has 0 aliphatic heterocycles. The summed E-state index contributed by atoms with van der Waals surface area (Å²) >= 11 is 0. The second-order valence-corrected chi connectivity index (χ2v) is 6.26. The van der Waals surface area contributed by atoms with Crippen LogP contribution in [-0.4, -0.2) is 35.0 Å². The summed E-state index contributed by atoms with van der Waals surface area (Å²) in [7, 11) is 1.64. The van der Waals surface area contributed by atoms with Gasteiger partial charge in [-0.05, 0) is 31.6 Å². The Morgan fingerprint density at radius 1 is 1.26 bits per heavy atom. The molecule has 110 valence electrons. The summed E-state index contributed by atoms with van der Waals surface area (Å²) < 4.78 is 0. The van der Waals surface area contributed by atoms with Gasteiger partial charge in [-0.1, -0.05) is 33.6 Å². The van der Waals surface area contributed by atoms with E-state index in [1.165, 1.54) is 4.90 Å². The first-order valence-corrected chi connectivity index (χ1v) is 7.34. The van der Waals surface area contributed by atoms with Crippen molar-refractivity contribution < 1.29 is 14.7 Å². The van der Waals surface area contributed by atoms with Crippen LogP contribution in [0.25, 0.3) is 0 Å². The standard InChI is InChI=1S/C15H27NO3/c1-5-12(13(17)18)16(4)14(19)15(10-11(2)3)8-6-7-9-15/h11-12H,5-10H2,1-4H3,(H,17,18). The molecule has 1 aliphatic carbocycles. The fourth-order valence-corrected chi connectivity index (χ4v) is 3.47. The molecule has 1 aliphatic rings. The summed E-state index contributed by atoms with van der Waals surface area (Å²) in [4.78, 5) is 25.5. The zero-order chi connectivity index (χ0) is 14.6. The molecular weight excluding hydrogens is 242 g/mol. The summed E-state index contributed by atoms with van der Waals surface area (Å²) in [5, 5.41) is 9.21. The summed E-state index contributed by atoms with van der Waals surface area (Å²) in [6, 6.07) is -0.697. The number of rotatable bonds is 6. The van der Waals surface area contributed by atoms with Crippen molar-refractivity contribution in [2.24, 2.45) is 11.3 Å². The molecule has 1 fully saturated rings. The minimum atomic E-state index is -0.906. The van der Waals surface area contributed by atoms with Crippen LogP contribution in [0.2, 0.25) is 0 Å². The Bertz CT molecular complexity index is 332. The first-order chi connectivity index (χ1) is 8.84. The summed E-state index contributed by atoms with van der Waals surface area (Å²) in [5.41, 5.74) is -0.314. The van der Waals surface area contributed by atoms with E-state index >= 15 is 0 Å². The number of amides is 1. The monoisotopic (exact) mass is 269 g/mol. The van der Waals surface area contributed by atoms with Crippen molar-refractivity contribution in [2.75, 3.05) is 7.05 Å². The van der Waals surface area contributed by atoms with Gasteiger partial charge in [-0.3, -0.25) is 4.79 Å². The van der Waals surface area contributed by atoms with E-state index in [0.717, 1.165) is 32.1 Å². The molecule has 1 saturated carbocycles. The van der Waals surface area contributed by atoms with Gasteiger partial charge in [-0.15, -0.1) is 0 Å². The quantitative estimate of drug-likeness (QED) is 0.806. The highest BCUT2D eigenvalue weighted by Crippen LogP contribution is 2.44. The van der Waals surface area contributed by atoms with Gasteiger partial charge >= 0.3 is 5.97 Å². The van der Waals surface area contributed by atoms with E-state index in [-0.39, 0.29) is 11.3 Å². The van der Waals surface area contributed by atoms with E-state index in [2.05, 4.69) is 13.8 Å². The van der Waals surface area contributed by atoms with E-state index < -0.39 is 12.0 Å². The Labute approximate surface area is 116 Å². The number of carbonyl (C=O) groups is 2. The number of carbonyl (C=O) groups excluding carboxylic acids is 1. The molecule has 0 bridgehead atoms. The molecule has 1 unspecified atom stereocenters. The van der Waals surface area contributed by atoms with E-state index in [9.17, 15) is 14.7 Å². The molecule has 19 heavy (non-hydrogen) atoms. The van der Waals surface area contributed by atoms with Gasteiger partial charge in [0.15, 0.2) is 0 Å². The molecule has 0 radical (unpaired) electrons. The molecule has 0 aromatic heterocycles. The third-order valence-electron chi connectivity index (χ3n) is 4.27. The van der Waals surface area contributed by atoms with Gasteiger partial charge < -0.3 is 10.0 Å². The Kier molecular flexibility index (Phi) is 5.39. The Morgan fingerprint density at radius 3 is 2.16 bits per heavy atom. The summed E-state index contributed by atoms with van der Waals surface area (Å²) in [6.45, 7) is 6.07. The Morgan fingerprint density at radius 2 is 1.79 bits per heavy atom. The maximum absolute atomic E-state index is 12.8. The molecule has 4 nitrogen and oxygen atoms in total. The van der Waals surface area contributed by atoms with Crippen molar-refractivity contribution in [2.45, 2.75) is 65.3 Å². The van der Waals surface area contributed by atoms with E-state index in [4.69, 9.17) is 0 Å². The molecule has 1 N–H and O–H groups in total. The van der Waals surface area contributed by atoms with Crippen molar-refractivity contribution in [3.63, 3.8) is 0 Å². The smallest absolute Gasteiger partial charge is 0.326 e. The van der Waals surface area contributed by atoms with Crippen molar-refractivity contribution in [3.8, 4) is 0 Å². The minimum Gasteiger partial charge on any atom is -0.480 e. The van der Waals surface area contributed by atoms with Gasteiger partial charge in [-0.25, -0.2) is 4.79 Å². The van der Waals surface area contributed by atoms with Crippen LogP contribution in [0, 0.1) is 11.3 Å². The van der Waals surface area contributed by atoms with Crippen LogP contribution in [0.3, 0.4) is 0 Å². The molecule has 0 aromatic carbocycles. The predicted molar refractivity (Wildman–Crippen MR) is 74.8 cm³/mol. The predicted octanol–water partition coefficient (Wildman–Crippen LogP) is 2.91. The SMILES string of the molecule is CCC(C(=O)O)N(C)C(=O)C1(CC(C)C)CCCC1. The van der Waals surface area contributed by atoms with Crippen LogP contribution in [-0.2, 0) is 9.59 Å². The van der Waals surface area contributed by atoms with Gasteiger partial charge in [0.25, 0.3) is 0 Å². The van der Waals surface area contributed by atoms with Gasteiger partial charge in [-0.2, -0.15) is 0 Å². The highest BCUT2D eigenvalue weighted by molar-refractivity contribution is 5.87. The third-order valence-corrected chi connectivity index (χ3v) is 4.27. The molecule has 0 spiro atoms. The lowest BCUT2D eigenvalue weighted by Gasteiger charge is -2.36. The van der Waals surface area contributed by atoms with Crippen LogP contribution >= 0.6 is 0 Å². The average molecular weight is 269 g/mol. The number of aliphatic carboxylic acids is 1. The lowest BCUT2D eigenvalue weighted by atomic mass is 9.77. The van der Waals surface area contributed by atoms with Gasteiger partial charge in [0, 0.05) is 12.5 Å². The lowest BCUT2D eigenvalue weighted by molar-refractivity contribution is -0.154. The van der Waals surface area contributed by atoms with Crippen molar-refractivity contribution in [3.05, 3.63) is 0 Å². The number of likely N-dealkylation sites (N-methyl/N-ethyl adjacent to an activating group) is 1. The topological polar surface area (TPSA) is 57.6 Å². The number of carboxylic acids is 1. The molecule has 1 amide bonds. The third kappa shape index (κ3) is 3.48. The second kappa shape index (κ2) is 6.40. The van der Waals surface area contributed by atoms with Crippen LogP contribution < -0.4 is 0 Å². The van der Waals surface area contributed by atoms with Crippen molar-refractivity contribution >= 4 is 11.9 Å². The molecule has 0 saturated heterocycles. The highest BCUT2D eigenvalue weighted by Gasteiger charge is 2.44. The zero-order valence-electron chi connectivity index (χ0n) is 12.6. The van der Waals surface area contributed by atoms with Crippen LogP contribution in [0.15, 0.2) is 0 Å². The van der Waals surface area contributed by atoms with Gasteiger partial charge in [0.2, 0.25) is 5.91 Å². The normalized spacial score (nSPS) is 19.4. The van der Waals surface area contributed by atoms with Crippen LogP contribution in [0.5, 0.6) is 0 Å². The number of hydrogen-bond donors (Lipinski definition) is 1. The fourth-order valence-electron chi connectivity index (χ4n) is 3.47. The largest absolute Gasteiger partial charge is 0.480 e. The lowest BCUT2D eigenvalue weighted by Crippen LogP contribution is -2.49. The van der Waals surface area contributed by atoms with Crippen molar-refractivity contribution in [1.82, 2.24) is 4.90 Å². The molecule has 0 heterocycles. The van der Waals surface area contributed by atoms with Gasteiger partial charge in [0.1, 0.15) is 6.04 Å². The van der Waals surface area contributed by atoms with Crippen molar-refractivity contribution in [1.29, 1.82) is 0 Å². The maximum atomic E-state index is 12.8. The molecule has 1 rings (SSSR count). The van der Waals surface area contributed by atoms with E-state index in [1.807, 2.05) is 6.92 Å². The van der Waals surface area contributed by atoms with Crippen LogP contribution in [0.4, 0.5) is 0 Å². The molecule has 1 atom stereocenters. The van der Waals surface area contributed by atoms with Gasteiger partial charge in [0.05, 0.1) is 0 Å². The van der Waals surface area contributed by atoms with Crippen LogP contribution in [0.1, 0.15) is 59.3 Å². The molecule has 4 heteroatoms. The minimum absolute atomic E-state index is 0.0351. The average Bonchev–Trinajstić information content (AvgIpc) is 2.77. The first kappa shape index (κ1) is 16.0. The summed E-state index contributed by atoms with van der Waals surface area (Å²) in [5.74, 6) is -0.413. The van der Waals surface area contributed by atoms with E-state index in [0.29, 0.717) is 12.3 Å². The Balaban J connectivity index is 2.90. The summed E-state index contributed by atoms with van der Waals surface area (Å²) in [6.07, 6.45) is 5.29. The van der Waals surface area contributed by atoms with E-state index in [1.54, 1.807) is 7.05 Å². The highest BCUT2D eigenvalue weighted by atomic mass is 16.4. The molecule has 0 aromatic rings. The number of nitrogens with zero attached hydrogens (tertiary/aromatic N) is 1. The Hall–Kier alpha value is -1.06. The fraction of sp³-hybridized carbons (Fsp3) is 0.867. The number of carboxylic acid groups (broad SMARTS) is 1. The zero-order valence-corrected chi connectivity index (χ0v) is 12.6. The second-order valence-electron chi connectivity index (χ2n) is 6.26. The maximum Gasteiger partial charge on any atom is 0.326 e. The first-order valence-electron chi connectivity index (χ1n) is 7.34.